The molecule has 0 atom stereocenters. The number of nitrogens with zero attached hydrogens (tertiary/aromatic N) is 3. The maximum absolute atomic E-state index is 12.1. The van der Waals surface area contributed by atoms with Crippen LogP contribution < -0.4 is 5.32 Å². The van der Waals surface area contributed by atoms with Gasteiger partial charge < -0.3 is 15.1 Å². The number of amides is 2. The average molecular weight is 339 g/mol. The van der Waals surface area contributed by atoms with Crippen molar-refractivity contribution in [2.75, 3.05) is 26.2 Å². The molecule has 1 saturated heterocycles. The Hall–Kier alpha value is -1.47. The summed E-state index contributed by atoms with van der Waals surface area (Å²) in [4.78, 5) is 31.8. The smallest absolute Gasteiger partial charge is 0.312 e. The molecule has 0 aliphatic carbocycles. The molecular formula is C13H15BrN4O2. The third-order valence-electron chi connectivity index (χ3n) is 3.51. The maximum atomic E-state index is 12.1. The summed E-state index contributed by atoms with van der Waals surface area (Å²) in [6.07, 6.45) is 0. The van der Waals surface area contributed by atoms with Crippen molar-refractivity contribution in [1.29, 1.82) is 0 Å². The molecule has 1 fully saturated rings. The predicted molar refractivity (Wildman–Crippen MR) is 75.6 cm³/mol. The topological polar surface area (TPSA) is 65.5 Å². The van der Waals surface area contributed by atoms with E-state index < -0.39 is 11.8 Å². The van der Waals surface area contributed by atoms with Gasteiger partial charge in [-0.05, 0) is 12.1 Å². The highest BCUT2D eigenvalue weighted by Crippen LogP contribution is 2.16. The molecule has 7 heteroatoms. The molecule has 4 bridgehead atoms. The van der Waals surface area contributed by atoms with Crippen LogP contribution in [-0.2, 0) is 22.7 Å². The van der Waals surface area contributed by atoms with Gasteiger partial charge >= 0.3 is 11.8 Å². The van der Waals surface area contributed by atoms with Crippen LogP contribution in [0.5, 0.6) is 0 Å². The lowest BCUT2D eigenvalue weighted by molar-refractivity contribution is -0.156. The molecule has 2 amide bonds. The van der Waals surface area contributed by atoms with Crippen LogP contribution in [0.15, 0.2) is 16.6 Å². The van der Waals surface area contributed by atoms with E-state index in [4.69, 9.17) is 0 Å². The summed E-state index contributed by atoms with van der Waals surface area (Å²) in [6.45, 7) is 3.40. The van der Waals surface area contributed by atoms with Gasteiger partial charge in [0.25, 0.3) is 0 Å². The second-order valence-electron chi connectivity index (χ2n) is 4.96. The Morgan fingerprint density at radius 2 is 1.75 bits per heavy atom. The molecule has 1 N–H and O–H groups in total. The van der Waals surface area contributed by atoms with Crippen LogP contribution in [0.1, 0.15) is 11.4 Å². The van der Waals surface area contributed by atoms with Crippen LogP contribution >= 0.6 is 15.9 Å². The van der Waals surface area contributed by atoms with Crippen LogP contribution in [0.4, 0.5) is 0 Å². The summed E-state index contributed by atoms with van der Waals surface area (Å²) in [5.41, 5.74) is 1.73. The molecule has 1 aromatic heterocycles. The first kappa shape index (κ1) is 13.5. The zero-order valence-corrected chi connectivity index (χ0v) is 12.5. The third-order valence-corrected chi connectivity index (χ3v) is 3.97. The summed E-state index contributed by atoms with van der Waals surface area (Å²) in [7, 11) is 0. The summed E-state index contributed by atoms with van der Waals surface area (Å²) in [5, 5.41) is 3.25. The van der Waals surface area contributed by atoms with Crippen molar-refractivity contribution in [3.8, 4) is 0 Å². The number of nitrogens with one attached hydrogen (secondary N) is 1. The second kappa shape index (κ2) is 5.49. The highest BCUT2D eigenvalue weighted by molar-refractivity contribution is 9.10. The van der Waals surface area contributed by atoms with E-state index >= 15 is 0 Å². The number of halogens is 1. The first-order valence-corrected chi connectivity index (χ1v) is 7.37. The molecule has 20 heavy (non-hydrogen) atoms. The Kier molecular flexibility index (Phi) is 3.71. The lowest BCUT2D eigenvalue weighted by atomic mass is 10.2. The summed E-state index contributed by atoms with van der Waals surface area (Å²) in [6, 6.07) is 3.85. The van der Waals surface area contributed by atoms with Crippen LogP contribution in [0.2, 0.25) is 0 Å². The summed E-state index contributed by atoms with van der Waals surface area (Å²) >= 11 is 3.46. The fourth-order valence-electron chi connectivity index (χ4n) is 2.49. The van der Waals surface area contributed by atoms with Crippen molar-refractivity contribution >= 4 is 27.7 Å². The molecule has 0 spiro atoms. The molecule has 3 aliphatic rings. The first-order valence-electron chi connectivity index (χ1n) is 6.58. The lowest BCUT2D eigenvalue weighted by Gasteiger charge is -2.34. The van der Waals surface area contributed by atoms with Gasteiger partial charge in [-0.25, -0.2) is 0 Å². The van der Waals surface area contributed by atoms with E-state index in [1.807, 2.05) is 12.1 Å². The van der Waals surface area contributed by atoms with Crippen LogP contribution in [0, 0.1) is 0 Å². The Labute approximate surface area is 125 Å². The SMILES string of the molecule is O=C1C(=O)N2CCN1CCNCc1cc(Br)cc(n1)C2. The highest BCUT2D eigenvalue weighted by atomic mass is 79.9. The number of fused-ring (bicyclic) bond motifs is 5. The Morgan fingerprint density at radius 3 is 2.60 bits per heavy atom. The Morgan fingerprint density at radius 1 is 1.05 bits per heavy atom. The molecule has 3 aliphatic heterocycles. The van der Waals surface area contributed by atoms with Gasteiger partial charge in [-0.3, -0.25) is 14.6 Å². The van der Waals surface area contributed by atoms with Gasteiger partial charge in [0, 0.05) is 37.2 Å². The molecule has 4 rings (SSSR count). The summed E-state index contributed by atoms with van der Waals surface area (Å²) < 4.78 is 0.939. The monoisotopic (exact) mass is 338 g/mol. The van der Waals surface area contributed by atoms with Gasteiger partial charge in [0.1, 0.15) is 0 Å². The fraction of sp³-hybridized carbons (Fsp3) is 0.462. The number of aromatic nitrogens is 1. The standard InChI is InChI=1S/C13H15BrN4O2/c14-9-5-10-7-15-1-2-17-3-4-18(13(20)12(17)19)8-11(6-9)16-10/h5-6,15H,1-4,7-8H2. The largest absolute Gasteiger partial charge is 0.331 e. The van der Waals surface area contributed by atoms with E-state index in [-0.39, 0.29) is 0 Å². The fourth-order valence-corrected chi connectivity index (χ4v) is 3.01. The number of carbonyl (C=O) groups excluding carboxylic acids is 2. The van der Waals surface area contributed by atoms with E-state index in [0.29, 0.717) is 39.3 Å². The van der Waals surface area contributed by atoms with Gasteiger partial charge in [0.2, 0.25) is 0 Å². The molecule has 0 radical (unpaired) electrons. The molecule has 6 nitrogen and oxygen atoms in total. The minimum Gasteiger partial charge on any atom is -0.331 e. The molecule has 0 unspecified atom stereocenters. The van der Waals surface area contributed by atoms with Gasteiger partial charge in [-0.15, -0.1) is 0 Å². The predicted octanol–water partition coefficient (Wildman–Crippen LogP) is 0.118. The quantitative estimate of drug-likeness (QED) is 0.682. The second-order valence-corrected chi connectivity index (χ2v) is 5.88. The molecule has 0 saturated carbocycles. The number of hydrogen-bond donors (Lipinski definition) is 1. The Bertz CT molecular complexity index is 561. The molecule has 106 valence electrons. The number of pyridine rings is 1. The zero-order chi connectivity index (χ0) is 14.1. The minimum atomic E-state index is -0.430. The molecule has 4 heterocycles. The van der Waals surface area contributed by atoms with Crippen molar-refractivity contribution < 1.29 is 9.59 Å². The van der Waals surface area contributed by atoms with Crippen molar-refractivity contribution in [2.24, 2.45) is 0 Å². The zero-order valence-electron chi connectivity index (χ0n) is 10.9. The Balaban J connectivity index is 1.93. The van der Waals surface area contributed by atoms with Crippen molar-refractivity contribution in [3.63, 3.8) is 0 Å². The summed E-state index contributed by atoms with van der Waals surface area (Å²) in [5.74, 6) is -0.839. The first-order chi connectivity index (χ1) is 9.63. The number of rotatable bonds is 0. The highest BCUT2D eigenvalue weighted by Gasteiger charge is 2.32. The molecule has 0 aromatic carbocycles. The number of piperazine rings is 1. The van der Waals surface area contributed by atoms with Crippen molar-refractivity contribution in [3.05, 3.63) is 28.0 Å². The van der Waals surface area contributed by atoms with E-state index in [9.17, 15) is 9.59 Å². The van der Waals surface area contributed by atoms with E-state index in [1.165, 1.54) is 0 Å². The molecule has 1 aromatic rings. The van der Waals surface area contributed by atoms with Gasteiger partial charge in [0.15, 0.2) is 0 Å². The van der Waals surface area contributed by atoms with Gasteiger partial charge in [-0.2, -0.15) is 0 Å². The van der Waals surface area contributed by atoms with Crippen molar-refractivity contribution in [1.82, 2.24) is 20.1 Å². The van der Waals surface area contributed by atoms with Gasteiger partial charge in [0.05, 0.1) is 17.9 Å². The van der Waals surface area contributed by atoms with E-state index in [0.717, 1.165) is 15.9 Å². The molecular weight excluding hydrogens is 324 g/mol. The number of carbonyl (C=O) groups is 2. The lowest BCUT2D eigenvalue weighted by Crippen LogP contribution is -2.55. The van der Waals surface area contributed by atoms with Crippen molar-refractivity contribution in [2.45, 2.75) is 13.1 Å². The van der Waals surface area contributed by atoms with Crippen LogP contribution in [-0.4, -0.2) is 52.8 Å². The van der Waals surface area contributed by atoms with Crippen LogP contribution in [0.3, 0.4) is 0 Å². The maximum Gasteiger partial charge on any atom is 0.312 e. The van der Waals surface area contributed by atoms with Gasteiger partial charge in [-0.1, -0.05) is 15.9 Å². The minimum absolute atomic E-state index is 0.380. The third kappa shape index (κ3) is 2.69. The van der Waals surface area contributed by atoms with E-state index in [1.54, 1.807) is 9.80 Å². The van der Waals surface area contributed by atoms with Crippen LogP contribution in [0.25, 0.3) is 0 Å². The average Bonchev–Trinajstić information content (AvgIpc) is 2.40. The van der Waals surface area contributed by atoms with E-state index in [2.05, 4.69) is 26.2 Å². The normalized spacial score (nSPS) is 19.9. The number of hydrogen-bond acceptors (Lipinski definition) is 4.